The number of hydrogen-bond acceptors (Lipinski definition) is 6. The van der Waals surface area contributed by atoms with Crippen molar-refractivity contribution in [3.8, 4) is 0 Å². The molecule has 3 fully saturated rings. The highest BCUT2D eigenvalue weighted by Crippen LogP contribution is 2.30. The van der Waals surface area contributed by atoms with E-state index in [4.69, 9.17) is 0 Å². The second kappa shape index (κ2) is 10.8. The van der Waals surface area contributed by atoms with Crippen molar-refractivity contribution in [2.24, 2.45) is 5.92 Å². The van der Waals surface area contributed by atoms with Gasteiger partial charge in [-0.2, -0.15) is 0 Å². The Labute approximate surface area is 238 Å². The maximum Gasteiger partial charge on any atom is 0.331 e. The van der Waals surface area contributed by atoms with Gasteiger partial charge in [0.2, 0.25) is 0 Å². The van der Waals surface area contributed by atoms with Gasteiger partial charge in [0.25, 0.3) is 11.5 Å². The van der Waals surface area contributed by atoms with Crippen LogP contribution < -0.4 is 27.2 Å². The van der Waals surface area contributed by atoms with E-state index in [0.717, 1.165) is 32.2 Å². The van der Waals surface area contributed by atoms with Gasteiger partial charge in [0.1, 0.15) is 0 Å². The number of likely N-dealkylation sites (tertiary alicyclic amines) is 1. The lowest BCUT2D eigenvalue weighted by atomic mass is 10.0. The number of hydrogen-bond donors (Lipinski definition) is 3. The number of amides is 3. The number of rotatable bonds is 6. The first-order valence-electron chi connectivity index (χ1n) is 14.8. The van der Waals surface area contributed by atoms with Crippen LogP contribution in [-0.4, -0.2) is 68.8 Å². The summed E-state index contributed by atoms with van der Waals surface area (Å²) in [5.74, 6) is 0.233. The number of aromatic nitrogens is 2. The molecule has 1 aromatic heterocycles. The van der Waals surface area contributed by atoms with E-state index in [1.807, 2.05) is 32.2 Å². The molecule has 11 nitrogen and oxygen atoms in total. The Bertz CT molecular complexity index is 1550. The van der Waals surface area contributed by atoms with Gasteiger partial charge in [-0.3, -0.25) is 24.0 Å². The van der Waals surface area contributed by atoms with Crippen molar-refractivity contribution in [2.45, 2.75) is 77.3 Å². The van der Waals surface area contributed by atoms with E-state index in [1.54, 1.807) is 27.7 Å². The molecule has 3 atom stereocenters. The minimum atomic E-state index is -0.317. The van der Waals surface area contributed by atoms with Crippen molar-refractivity contribution in [3.05, 3.63) is 63.0 Å². The minimum Gasteiger partial charge on any atom is -0.356 e. The second-order valence-electron chi connectivity index (χ2n) is 12.2. The molecular formula is C30H39N7O4. The molecule has 4 aliphatic rings. The smallest absolute Gasteiger partial charge is 0.331 e. The van der Waals surface area contributed by atoms with Gasteiger partial charge in [-0.15, -0.1) is 0 Å². The van der Waals surface area contributed by atoms with Gasteiger partial charge in [-0.05, 0) is 82.7 Å². The van der Waals surface area contributed by atoms with E-state index < -0.39 is 0 Å². The van der Waals surface area contributed by atoms with E-state index in [-0.39, 0.29) is 41.4 Å². The highest BCUT2D eigenvalue weighted by Gasteiger charge is 2.30. The number of nitrogens with zero attached hydrogens (tertiary/aromatic N) is 4. The lowest BCUT2D eigenvalue weighted by molar-refractivity contribution is -0.118. The summed E-state index contributed by atoms with van der Waals surface area (Å²) in [6.07, 6.45) is 9.51. The molecule has 4 heterocycles. The fourth-order valence-corrected chi connectivity index (χ4v) is 6.15. The molecule has 41 heavy (non-hydrogen) atoms. The minimum absolute atomic E-state index is 0.117. The maximum atomic E-state index is 13.4. The quantitative estimate of drug-likeness (QED) is 0.498. The van der Waals surface area contributed by atoms with Crippen molar-refractivity contribution < 1.29 is 9.59 Å². The van der Waals surface area contributed by atoms with Crippen LogP contribution in [0.3, 0.4) is 0 Å². The van der Waals surface area contributed by atoms with Crippen LogP contribution in [0, 0.1) is 5.92 Å². The van der Waals surface area contributed by atoms with Gasteiger partial charge in [-0.25, -0.2) is 9.59 Å². The molecule has 2 unspecified atom stereocenters. The molecular weight excluding hydrogens is 522 g/mol. The van der Waals surface area contributed by atoms with Crippen LogP contribution in [0.5, 0.6) is 0 Å². The Morgan fingerprint density at radius 3 is 2.68 bits per heavy atom. The molecule has 6 rings (SSSR count). The monoisotopic (exact) mass is 561 g/mol. The number of nitrogens with one attached hydrogen (secondary N) is 3. The van der Waals surface area contributed by atoms with Gasteiger partial charge in [0.15, 0.2) is 0 Å². The van der Waals surface area contributed by atoms with Crippen LogP contribution in [0.25, 0.3) is 10.9 Å². The maximum absolute atomic E-state index is 13.4. The summed E-state index contributed by atoms with van der Waals surface area (Å²) in [4.78, 5) is 56.6. The van der Waals surface area contributed by atoms with Crippen LogP contribution in [0.2, 0.25) is 0 Å². The van der Waals surface area contributed by atoms with Gasteiger partial charge >= 0.3 is 11.7 Å². The molecule has 1 saturated carbocycles. The van der Waals surface area contributed by atoms with Crippen molar-refractivity contribution in [2.75, 3.05) is 25.0 Å². The predicted molar refractivity (Wildman–Crippen MR) is 158 cm³/mol. The molecule has 0 bridgehead atoms. The summed E-state index contributed by atoms with van der Waals surface area (Å²) < 4.78 is 3.00. The summed E-state index contributed by atoms with van der Waals surface area (Å²) in [7, 11) is 0. The van der Waals surface area contributed by atoms with Crippen LogP contribution >= 0.6 is 0 Å². The van der Waals surface area contributed by atoms with Crippen LogP contribution in [0.4, 0.5) is 10.5 Å². The third kappa shape index (κ3) is 5.55. The normalized spacial score (nSPS) is 24.0. The van der Waals surface area contributed by atoms with Crippen LogP contribution in [0.1, 0.15) is 52.5 Å². The molecule has 218 valence electrons. The molecule has 0 spiro atoms. The SMILES string of the molecule is CC1CN2C=C(C(=O)N[C@@H]3CCCN(C(=O)Nc4ccc5c(c4)c(=O)n(CC4CC4)c(=O)n5C(C)C)C3)C=CC2N1. The van der Waals surface area contributed by atoms with E-state index >= 15 is 0 Å². The van der Waals surface area contributed by atoms with Crippen molar-refractivity contribution in [3.63, 3.8) is 0 Å². The number of piperidine rings is 1. The number of benzene rings is 1. The molecule has 3 amide bonds. The number of carbonyl (C=O) groups excluding carboxylic acids is 2. The van der Waals surface area contributed by atoms with Crippen molar-refractivity contribution in [1.82, 2.24) is 29.6 Å². The molecule has 11 heteroatoms. The topological polar surface area (TPSA) is 121 Å². The number of urea groups is 1. The lowest BCUT2D eigenvalue weighted by Gasteiger charge is -2.33. The summed E-state index contributed by atoms with van der Waals surface area (Å²) in [5.41, 5.74) is 1.08. The van der Waals surface area contributed by atoms with E-state index in [1.165, 1.54) is 4.57 Å². The zero-order chi connectivity index (χ0) is 28.8. The van der Waals surface area contributed by atoms with Crippen LogP contribution in [0.15, 0.2) is 51.7 Å². The average Bonchev–Trinajstić information content (AvgIpc) is 3.69. The first-order chi connectivity index (χ1) is 19.7. The Balaban J connectivity index is 1.15. The largest absolute Gasteiger partial charge is 0.356 e. The average molecular weight is 562 g/mol. The molecule has 1 aromatic carbocycles. The summed E-state index contributed by atoms with van der Waals surface area (Å²) in [5, 5.41) is 9.91. The summed E-state index contributed by atoms with van der Waals surface area (Å²) in [6.45, 7) is 8.23. The van der Waals surface area contributed by atoms with Gasteiger partial charge in [0, 0.05) is 56.2 Å². The van der Waals surface area contributed by atoms with E-state index in [9.17, 15) is 19.2 Å². The van der Waals surface area contributed by atoms with Crippen molar-refractivity contribution in [1.29, 1.82) is 0 Å². The predicted octanol–water partition coefficient (Wildman–Crippen LogP) is 2.34. The number of carbonyl (C=O) groups is 2. The van der Waals surface area contributed by atoms with Crippen molar-refractivity contribution >= 4 is 28.5 Å². The second-order valence-corrected chi connectivity index (χ2v) is 12.2. The van der Waals surface area contributed by atoms with Crippen LogP contribution in [-0.2, 0) is 11.3 Å². The molecule has 2 aromatic rings. The highest BCUT2D eigenvalue weighted by molar-refractivity contribution is 5.97. The zero-order valence-corrected chi connectivity index (χ0v) is 23.9. The van der Waals surface area contributed by atoms with Gasteiger partial charge in [0.05, 0.1) is 22.6 Å². The van der Waals surface area contributed by atoms with E-state index in [2.05, 4.69) is 27.8 Å². The third-order valence-electron chi connectivity index (χ3n) is 8.44. The third-order valence-corrected chi connectivity index (χ3v) is 8.44. The molecule has 3 aliphatic heterocycles. The standard InChI is InChI=1S/C30H39N7O4/c1-18(2)37-25-10-9-22(13-24(25)28(39)36(30(37)41)15-20-6-7-20)33-29(40)34-12-4-5-23(17-34)32-27(38)21-8-11-26-31-19(3)14-35(26)16-21/h8-11,13,16,18-20,23,26,31H,4-7,12,14-15,17H2,1-3H3,(H,32,38)(H,33,40)/t19?,23-,26?/m1/s1. The lowest BCUT2D eigenvalue weighted by Crippen LogP contribution is -2.51. The van der Waals surface area contributed by atoms with Gasteiger partial charge < -0.3 is 20.4 Å². The first-order valence-corrected chi connectivity index (χ1v) is 14.8. The number of anilines is 1. The summed E-state index contributed by atoms with van der Waals surface area (Å²) >= 11 is 0. The Kier molecular flexibility index (Phi) is 7.23. The Morgan fingerprint density at radius 1 is 1.12 bits per heavy atom. The molecule has 1 aliphatic carbocycles. The van der Waals surface area contributed by atoms with Gasteiger partial charge in [-0.1, -0.05) is 0 Å². The fraction of sp³-hybridized carbons (Fsp3) is 0.533. The fourth-order valence-electron chi connectivity index (χ4n) is 6.15. The zero-order valence-electron chi connectivity index (χ0n) is 23.9. The molecule has 0 radical (unpaired) electrons. The Hall–Kier alpha value is -3.86. The Morgan fingerprint density at radius 2 is 1.93 bits per heavy atom. The molecule has 2 saturated heterocycles. The first kappa shape index (κ1) is 27.3. The summed E-state index contributed by atoms with van der Waals surface area (Å²) in [6, 6.07) is 4.95. The molecule has 3 N–H and O–H groups in total. The van der Waals surface area contributed by atoms with E-state index in [0.29, 0.717) is 53.8 Å². The highest BCUT2D eigenvalue weighted by atomic mass is 16.2. The number of fused-ring (bicyclic) bond motifs is 2.